The average molecular weight is 2020 g/mol. The van der Waals surface area contributed by atoms with Gasteiger partial charge in [0.1, 0.15) is 57.7 Å². The van der Waals surface area contributed by atoms with Gasteiger partial charge in [0.25, 0.3) is 0 Å². The van der Waals surface area contributed by atoms with Crippen molar-refractivity contribution in [2.24, 2.45) is 5.73 Å². The van der Waals surface area contributed by atoms with E-state index in [4.69, 9.17) is 21.7 Å². The van der Waals surface area contributed by atoms with Crippen LogP contribution in [-0.4, -0.2) is 229 Å². The van der Waals surface area contributed by atoms with Gasteiger partial charge in [-0.15, -0.1) is 0 Å². The first-order chi connectivity index (χ1) is 69.2. The van der Waals surface area contributed by atoms with Gasteiger partial charge < -0.3 is 59.9 Å². The van der Waals surface area contributed by atoms with Crippen molar-refractivity contribution in [2.75, 3.05) is 131 Å². The van der Waals surface area contributed by atoms with Gasteiger partial charge in [-0.3, -0.25) is 48.3 Å². The van der Waals surface area contributed by atoms with E-state index in [9.17, 15) is 60.3 Å². The molecule has 0 spiro atoms. The Morgan fingerprint density at radius 3 is 0.870 bits per heavy atom. The minimum Gasteiger partial charge on any atom is -0.478 e. The molecule has 0 unspecified atom stereocenters. The molecule has 4 aliphatic heterocycles. The van der Waals surface area contributed by atoms with E-state index in [1.165, 1.54) is 43.5 Å². The van der Waals surface area contributed by atoms with Crippen LogP contribution >= 0.6 is 11.6 Å². The van der Waals surface area contributed by atoms with E-state index in [2.05, 4.69) is 71.5 Å². The third kappa shape index (κ3) is 36.3. The fraction of sp³-hybridized carbons (Fsp3) is 0.357. The molecule has 774 valence electrons. The highest BCUT2D eigenvalue weighted by atomic mass is 35.5. The fourth-order valence-corrected chi connectivity index (χ4v) is 15.8. The molecule has 4 saturated heterocycles. The number of carboxylic acids is 1. The fourth-order valence-electron chi connectivity index (χ4n) is 15.8. The van der Waals surface area contributed by atoms with Crippen molar-refractivity contribution in [3.63, 3.8) is 0 Å². The number of Topliss-reactive ketones (excluding diaryl/α,β-unsaturated/α-hetero) is 3. The number of benzene rings is 4. The maximum Gasteiger partial charge on any atom is 0.410 e. The van der Waals surface area contributed by atoms with Gasteiger partial charge in [0.2, 0.25) is 11.1 Å². The summed E-state index contributed by atoms with van der Waals surface area (Å²) in [6, 6.07) is 49.3. The number of pyridine rings is 8. The Balaban J connectivity index is 0.000000224. The molecule has 12 aromatic rings. The standard InChI is InChI=1S/C29H33FN4O3.C26H27FN4O2.C24H25FN4O.C15H21N3O4.C13H13FN2.C2H3ClO.CH3F.2CH4/c1-20-17-22(11-12-31-20)24-8-5-21(18-25(24)30)6-9-26(35)23-7-10-27(32-19-23)33-13-15-34(16-14-33)28(36)37-29(2,3)4;1-18-15-21(9-10-28-18)23-6-3-20(16-24(23)27)4-7-25(33)22-5-8-26(29-17-22)31-13-11-30(12-14-31)19(2)32;1-17-14-19(8-9-27-17)21-5-2-18(15-22(21)25)3-6-23(30)20-4-7-24(28-16-20)29-12-10-26-11-13-29;1-15(2,3)22-14(21)18-8-6-17(7-9-18)12-5-4-11(10-16-12)13(19)20;1-9-6-11(4-5-16-9)12-3-2-10(8-15)7-13(12)14;1-2(3)4;1-2;;/h5,7-8,10-12,17-19H,6,9,13-16H2,1-4H3;3,5-6,8-10,15-17H,4,7,11-14H2,1-2H3;2,4-5,7-9,14-16,26H,3,6,10-13H2,1H3;4-5,10H,6-9H2,1-3H3,(H,19,20);2-7H,8,15H2,1H3;1H3;1H3;2*1H4/i;;;;;;1D;;. The second-order valence-corrected chi connectivity index (χ2v) is 37.0. The van der Waals surface area contributed by atoms with Crippen LogP contribution in [0.25, 0.3) is 44.5 Å². The summed E-state index contributed by atoms with van der Waals surface area (Å²) in [5, 5.41) is 11.8. The predicted molar refractivity (Wildman–Crippen MR) is 564 cm³/mol. The van der Waals surface area contributed by atoms with Crippen LogP contribution in [0.3, 0.4) is 0 Å². The van der Waals surface area contributed by atoms with Gasteiger partial charge in [0.05, 0.1) is 14.1 Å². The molecular formula is C112H133ClF5N17O11. The minimum absolute atomic E-state index is 0. The zero-order chi connectivity index (χ0) is 105. The Bertz CT molecular complexity index is 6360. The van der Waals surface area contributed by atoms with Crippen LogP contribution in [0.4, 0.5) is 54.8 Å². The topological polar surface area (TPSA) is 339 Å². The molecule has 3 amide bonds. The lowest BCUT2D eigenvalue weighted by Crippen LogP contribution is -2.50. The molecule has 8 aromatic heterocycles. The largest absolute Gasteiger partial charge is 0.478 e. The van der Waals surface area contributed by atoms with Crippen molar-refractivity contribution < 1.29 is 76.3 Å². The average Bonchev–Trinajstić information content (AvgIpc) is 0.829. The number of aromatic carboxylic acids is 1. The van der Waals surface area contributed by atoms with Crippen molar-refractivity contribution in [1.29, 1.82) is 0 Å². The number of ketones is 3. The SMILES string of the molecule is C.C.CC(=O)Cl.CC(=O)N1CCN(c2ccc(C(=O)CCc3ccc(-c4ccnc(C)c4)c(F)c3)cn2)CC1.CC(C)(C)OC(=O)N1CCN(c2ccc(C(=O)O)cn2)CC1.Cc1cc(-c2ccc(CCC(=O)c3ccc(N4CCN(C(=O)OC(C)(C)C)CC4)nc3)cc2F)ccn1.Cc1cc(-c2ccc(CCC(=O)c3ccc(N4CCNCC4)nc3)cc2F)ccn1.Cc1cc(-c2ccc(CN)cc2F)ccn1.[2H]CF. The number of rotatable bonds is 22. The summed E-state index contributed by atoms with van der Waals surface area (Å²) < 4.78 is 84.1. The highest BCUT2D eigenvalue weighted by Gasteiger charge is 2.30. The number of amides is 3. The zero-order valence-corrected chi connectivity index (χ0v) is 84.1. The number of anilines is 4. The number of carboxylic acid groups (broad SMARTS) is 1. The normalized spacial score (nSPS) is 13.3. The maximum absolute atomic E-state index is 14.7. The van der Waals surface area contributed by atoms with Crippen LogP contribution in [-0.2, 0) is 44.9 Å². The summed E-state index contributed by atoms with van der Waals surface area (Å²) in [5.41, 5.74) is 18.2. The summed E-state index contributed by atoms with van der Waals surface area (Å²) in [5.74, 6) is 1.10. The number of nitrogens with one attached hydrogen (secondary N) is 1. The van der Waals surface area contributed by atoms with Crippen LogP contribution in [0.5, 0.6) is 0 Å². The number of piperazine rings is 4. The lowest BCUT2D eigenvalue weighted by atomic mass is 9.99. The van der Waals surface area contributed by atoms with E-state index in [0.29, 0.717) is 142 Å². The number of aryl methyl sites for hydroxylation is 7. The molecule has 0 saturated carbocycles. The van der Waals surface area contributed by atoms with E-state index < -0.39 is 24.3 Å². The van der Waals surface area contributed by atoms with Gasteiger partial charge >= 0.3 is 18.2 Å². The summed E-state index contributed by atoms with van der Waals surface area (Å²) >= 11 is 4.64. The number of nitrogens with two attached hydrogens (primary N) is 1. The lowest BCUT2D eigenvalue weighted by molar-refractivity contribution is -0.129. The molecule has 28 nitrogen and oxygen atoms in total. The van der Waals surface area contributed by atoms with Crippen LogP contribution in [0, 0.1) is 51.0 Å². The Morgan fingerprint density at radius 2 is 0.637 bits per heavy atom. The number of hydrogen-bond acceptors (Lipinski definition) is 24. The Morgan fingerprint density at radius 1 is 0.384 bits per heavy atom. The quantitative estimate of drug-likeness (QED) is 0.0322. The molecule has 0 aliphatic carbocycles. The Labute approximate surface area is 858 Å². The molecule has 4 fully saturated rings. The highest BCUT2D eigenvalue weighted by Crippen LogP contribution is 2.32. The number of ether oxygens (including phenoxy) is 2. The van der Waals surface area contributed by atoms with Crippen LogP contribution in [0.2, 0.25) is 0 Å². The van der Waals surface area contributed by atoms with E-state index in [1.807, 2.05) is 152 Å². The molecular weight excluding hydrogens is 1890 g/mol. The molecule has 4 aromatic carbocycles. The minimum atomic E-state index is -1.00. The Kier molecular flexibility index (Phi) is 44.5. The van der Waals surface area contributed by atoms with Crippen molar-refractivity contribution in [3.05, 3.63) is 310 Å². The van der Waals surface area contributed by atoms with Gasteiger partial charge in [-0.1, -0.05) is 63.4 Å². The number of carbonyl (C=O) groups is 8. The lowest BCUT2D eigenvalue weighted by Gasteiger charge is -2.36. The van der Waals surface area contributed by atoms with Crippen molar-refractivity contribution in [3.8, 4) is 44.5 Å². The molecule has 34 heteroatoms. The van der Waals surface area contributed by atoms with Crippen LogP contribution < -0.4 is 30.7 Å². The summed E-state index contributed by atoms with van der Waals surface area (Å²) in [4.78, 5) is 141. The zero-order valence-electron chi connectivity index (χ0n) is 84.3. The van der Waals surface area contributed by atoms with E-state index in [1.54, 1.807) is 127 Å². The van der Waals surface area contributed by atoms with E-state index in [0.717, 1.165) is 124 Å². The Hall–Kier alpha value is -14.7. The van der Waals surface area contributed by atoms with E-state index >= 15 is 0 Å². The maximum atomic E-state index is 14.7. The first-order valence-electron chi connectivity index (χ1n) is 48.1. The van der Waals surface area contributed by atoms with E-state index in [-0.39, 0.29) is 97.2 Å². The number of aromatic nitrogens is 8. The summed E-state index contributed by atoms with van der Waals surface area (Å²) in [6.45, 7) is 33.1. The van der Waals surface area contributed by atoms with Crippen molar-refractivity contribution in [2.45, 2.75) is 154 Å². The third-order valence-corrected chi connectivity index (χ3v) is 23.3. The van der Waals surface area contributed by atoms with Gasteiger partial charge in [-0.2, -0.15) is 0 Å². The molecule has 4 N–H and O–H groups in total. The van der Waals surface area contributed by atoms with Gasteiger partial charge in [-0.05, 0) is 266 Å². The third-order valence-electron chi connectivity index (χ3n) is 23.3. The first-order valence-corrected chi connectivity index (χ1v) is 47.7. The summed E-state index contributed by atoms with van der Waals surface area (Å²) in [7, 11) is -1.00. The number of halogens is 6. The second kappa shape index (κ2) is 56.5. The molecule has 12 heterocycles. The predicted octanol–water partition coefficient (Wildman–Crippen LogP) is 20.5. The summed E-state index contributed by atoms with van der Waals surface area (Å²) in [6.07, 6.45) is 14.5. The number of alkyl halides is 1. The number of carbonyl (C=O) groups excluding carboxylic acids is 7. The number of nitrogens with zero attached hydrogens (tertiary/aromatic N) is 15. The molecule has 0 atom stereocenters. The van der Waals surface area contributed by atoms with Gasteiger partial charge in [0.15, 0.2) is 17.3 Å². The first kappa shape index (κ1) is 115. The second-order valence-electron chi connectivity index (χ2n) is 36.5. The molecule has 0 bridgehead atoms. The molecule has 4 aliphatic rings. The molecule has 146 heavy (non-hydrogen) atoms. The van der Waals surface area contributed by atoms with Crippen molar-refractivity contribution in [1.82, 2.24) is 59.9 Å². The monoisotopic (exact) mass is 2020 g/mol. The smallest absolute Gasteiger partial charge is 0.410 e. The number of hydrogen-bond donors (Lipinski definition) is 3. The van der Waals surface area contributed by atoms with Gasteiger partial charge in [-0.25, -0.2) is 51.9 Å². The van der Waals surface area contributed by atoms with Crippen molar-refractivity contribution >= 4 is 81.5 Å². The highest BCUT2D eigenvalue weighted by molar-refractivity contribution is 6.62. The van der Waals surface area contributed by atoms with Crippen LogP contribution in [0.1, 0.15) is 177 Å². The van der Waals surface area contributed by atoms with Crippen LogP contribution in [0.15, 0.2) is 219 Å². The molecule has 0 radical (unpaired) electrons. The molecule has 16 rings (SSSR count). The van der Waals surface area contributed by atoms with Gasteiger partial charge in [0, 0.05) is 256 Å².